The van der Waals surface area contributed by atoms with Gasteiger partial charge in [0.05, 0.1) is 6.10 Å². The van der Waals surface area contributed by atoms with Gasteiger partial charge in [-0.15, -0.1) is 0 Å². The minimum Gasteiger partial charge on any atom is -0.387 e. The van der Waals surface area contributed by atoms with Crippen LogP contribution in [-0.4, -0.2) is 11.1 Å². The lowest BCUT2D eigenvalue weighted by Gasteiger charge is -2.21. The number of halogens is 2. The van der Waals surface area contributed by atoms with Gasteiger partial charge in [-0.3, -0.25) is 0 Å². The monoisotopic (exact) mass is 261 g/mol. The summed E-state index contributed by atoms with van der Waals surface area (Å²) < 4.78 is 0. The fourth-order valence-corrected chi connectivity index (χ4v) is 2.06. The molecule has 0 aliphatic rings. The standard InChI is InChI=1S/C12H17Cl2NO/c1-7(2)5-11(15)12(16)9-6-8(13)3-4-10(9)14/h3-4,6-7,11-12,16H,5,15H2,1-2H3. The van der Waals surface area contributed by atoms with Gasteiger partial charge in [0.25, 0.3) is 0 Å². The largest absolute Gasteiger partial charge is 0.387 e. The fraction of sp³-hybridized carbons (Fsp3) is 0.500. The quantitative estimate of drug-likeness (QED) is 0.873. The van der Waals surface area contributed by atoms with E-state index in [1.54, 1.807) is 18.2 Å². The Morgan fingerprint density at radius 2 is 1.94 bits per heavy atom. The molecule has 0 aliphatic heterocycles. The third-order valence-corrected chi connectivity index (χ3v) is 3.01. The van der Waals surface area contributed by atoms with Gasteiger partial charge in [-0.05, 0) is 30.5 Å². The average molecular weight is 262 g/mol. The topological polar surface area (TPSA) is 46.2 Å². The highest BCUT2D eigenvalue weighted by molar-refractivity contribution is 6.33. The second-order valence-corrected chi connectivity index (χ2v) is 5.25. The summed E-state index contributed by atoms with van der Waals surface area (Å²) in [6.07, 6.45) is -0.0297. The molecule has 2 nitrogen and oxygen atoms in total. The van der Waals surface area contributed by atoms with Gasteiger partial charge in [-0.2, -0.15) is 0 Å². The predicted molar refractivity (Wildman–Crippen MR) is 68.9 cm³/mol. The summed E-state index contributed by atoms with van der Waals surface area (Å²) in [4.78, 5) is 0. The predicted octanol–water partition coefficient (Wildman–Crippen LogP) is 3.40. The van der Waals surface area contributed by atoms with Crippen LogP contribution in [0, 0.1) is 5.92 Å². The Bertz CT molecular complexity index is 355. The zero-order chi connectivity index (χ0) is 12.3. The fourth-order valence-electron chi connectivity index (χ4n) is 1.65. The molecule has 3 N–H and O–H groups in total. The summed E-state index contributed by atoms with van der Waals surface area (Å²) in [7, 11) is 0. The van der Waals surface area contributed by atoms with Gasteiger partial charge in [0.2, 0.25) is 0 Å². The molecule has 0 heterocycles. The van der Waals surface area contributed by atoms with E-state index in [9.17, 15) is 5.11 Å². The molecule has 4 heteroatoms. The van der Waals surface area contributed by atoms with E-state index in [-0.39, 0.29) is 6.04 Å². The van der Waals surface area contributed by atoms with E-state index in [0.29, 0.717) is 21.5 Å². The number of aliphatic hydroxyl groups excluding tert-OH is 1. The lowest BCUT2D eigenvalue weighted by Crippen LogP contribution is -2.30. The molecule has 0 aliphatic carbocycles. The maximum Gasteiger partial charge on any atom is 0.0955 e. The molecule has 0 bridgehead atoms. The van der Waals surface area contributed by atoms with E-state index in [2.05, 4.69) is 13.8 Å². The Kier molecular flexibility index (Phi) is 5.06. The number of hydrogen-bond donors (Lipinski definition) is 2. The van der Waals surface area contributed by atoms with E-state index in [1.165, 1.54) is 0 Å². The van der Waals surface area contributed by atoms with Crippen molar-refractivity contribution in [1.82, 2.24) is 0 Å². The van der Waals surface area contributed by atoms with Crippen molar-refractivity contribution in [2.45, 2.75) is 32.4 Å². The van der Waals surface area contributed by atoms with Crippen LogP contribution in [0.5, 0.6) is 0 Å². The smallest absolute Gasteiger partial charge is 0.0955 e. The summed E-state index contributed by atoms with van der Waals surface area (Å²) in [5, 5.41) is 11.1. The highest BCUT2D eigenvalue weighted by Crippen LogP contribution is 2.29. The molecule has 1 rings (SSSR count). The Labute approximate surface area is 106 Å². The van der Waals surface area contributed by atoms with Crippen molar-refractivity contribution in [3.63, 3.8) is 0 Å². The van der Waals surface area contributed by atoms with Gasteiger partial charge >= 0.3 is 0 Å². The van der Waals surface area contributed by atoms with Crippen LogP contribution in [0.2, 0.25) is 10.0 Å². The molecular formula is C12H17Cl2NO. The number of aliphatic hydroxyl groups is 1. The zero-order valence-electron chi connectivity index (χ0n) is 9.45. The summed E-state index contributed by atoms with van der Waals surface area (Å²) in [5.41, 5.74) is 6.52. The van der Waals surface area contributed by atoms with E-state index < -0.39 is 6.10 Å². The van der Waals surface area contributed by atoms with Crippen LogP contribution in [0.4, 0.5) is 0 Å². The van der Waals surface area contributed by atoms with Crippen molar-refractivity contribution in [3.05, 3.63) is 33.8 Å². The minimum atomic E-state index is -0.770. The van der Waals surface area contributed by atoms with Gasteiger partial charge in [0.1, 0.15) is 0 Å². The molecule has 1 aromatic rings. The highest BCUT2D eigenvalue weighted by atomic mass is 35.5. The molecule has 2 atom stereocenters. The van der Waals surface area contributed by atoms with E-state index >= 15 is 0 Å². The maximum absolute atomic E-state index is 10.1. The number of rotatable bonds is 4. The number of nitrogens with two attached hydrogens (primary N) is 1. The molecule has 0 amide bonds. The van der Waals surface area contributed by atoms with Crippen molar-refractivity contribution in [2.24, 2.45) is 11.7 Å². The normalized spacial score (nSPS) is 15.2. The highest BCUT2D eigenvalue weighted by Gasteiger charge is 2.20. The van der Waals surface area contributed by atoms with Crippen LogP contribution in [-0.2, 0) is 0 Å². The molecule has 90 valence electrons. The first kappa shape index (κ1) is 13.8. The molecule has 0 saturated heterocycles. The van der Waals surface area contributed by atoms with Gasteiger partial charge < -0.3 is 10.8 Å². The Morgan fingerprint density at radius 1 is 1.31 bits per heavy atom. The second-order valence-electron chi connectivity index (χ2n) is 4.40. The van der Waals surface area contributed by atoms with Crippen LogP contribution in [0.25, 0.3) is 0 Å². The summed E-state index contributed by atoms with van der Waals surface area (Å²) in [6, 6.07) is 4.70. The second kappa shape index (κ2) is 5.87. The number of benzene rings is 1. The van der Waals surface area contributed by atoms with Crippen molar-refractivity contribution in [1.29, 1.82) is 0 Å². The summed E-state index contributed by atoms with van der Waals surface area (Å²) in [6.45, 7) is 4.12. The van der Waals surface area contributed by atoms with Crippen LogP contribution in [0.1, 0.15) is 31.9 Å². The third kappa shape index (κ3) is 3.63. The van der Waals surface area contributed by atoms with Crippen molar-refractivity contribution >= 4 is 23.2 Å². The third-order valence-electron chi connectivity index (χ3n) is 2.43. The van der Waals surface area contributed by atoms with Gasteiger partial charge in [-0.1, -0.05) is 37.0 Å². The molecule has 0 aromatic heterocycles. The van der Waals surface area contributed by atoms with Gasteiger partial charge in [0, 0.05) is 21.7 Å². The summed E-state index contributed by atoms with van der Waals surface area (Å²) >= 11 is 11.9. The molecule has 16 heavy (non-hydrogen) atoms. The molecule has 0 radical (unpaired) electrons. The molecule has 2 unspecified atom stereocenters. The molecule has 0 saturated carbocycles. The lowest BCUT2D eigenvalue weighted by atomic mass is 9.95. The van der Waals surface area contributed by atoms with Crippen LogP contribution >= 0.6 is 23.2 Å². The van der Waals surface area contributed by atoms with Crippen molar-refractivity contribution < 1.29 is 5.11 Å². The Balaban J connectivity index is 2.86. The van der Waals surface area contributed by atoms with Crippen LogP contribution in [0.3, 0.4) is 0 Å². The molecular weight excluding hydrogens is 245 g/mol. The molecule has 0 fully saturated rings. The average Bonchev–Trinajstić information content (AvgIpc) is 2.19. The van der Waals surface area contributed by atoms with Gasteiger partial charge in [0.15, 0.2) is 0 Å². The van der Waals surface area contributed by atoms with E-state index in [0.717, 1.165) is 6.42 Å². The first-order valence-electron chi connectivity index (χ1n) is 5.30. The lowest BCUT2D eigenvalue weighted by molar-refractivity contribution is 0.136. The van der Waals surface area contributed by atoms with Crippen molar-refractivity contribution in [3.8, 4) is 0 Å². The molecule has 0 spiro atoms. The Morgan fingerprint density at radius 3 is 2.50 bits per heavy atom. The van der Waals surface area contributed by atoms with Crippen LogP contribution < -0.4 is 5.73 Å². The van der Waals surface area contributed by atoms with Crippen LogP contribution in [0.15, 0.2) is 18.2 Å². The van der Waals surface area contributed by atoms with Gasteiger partial charge in [-0.25, -0.2) is 0 Å². The van der Waals surface area contributed by atoms with E-state index in [4.69, 9.17) is 28.9 Å². The van der Waals surface area contributed by atoms with E-state index in [1.807, 2.05) is 0 Å². The first-order chi connectivity index (χ1) is 7.41. The molecule has 1 aromatic carbocycles. The Hall–Kier alpha value is -0.280. The first-order valence-corrected chi connectivity index (χ1v) is 6.06. The zero-order valence-corrected chi connectivity index (χ0v) is 11.0. The maximum atomic E-state index is 10.1. The number of hydrogen-bond acceptors (Lipinski definition) is 2. The van der Waals surface area contributed by atoms with Crippen molar-refractivity contribution in [2.75, 3.05) is 0 Å². The SMILES string of the molecule is CC(C)CC(N)C(O)c1cc(Cl)ccc1Cl. The summed E-state index contributed by atoms with van der Waals surface area (Å²) in [5.74, 6) is 0.433. The minimum absolute atomic E-state index is 0.323.